The smallest absolute Gasteiger partial charge is 0.192 e. The highest BCUT2D eigenvalue weighted by atomic mass is 127. The molecule has 1 aliphatic carbocycles. The second kappa shape index (κ2) is 9.21. The molecule has 4 rings (SSSR count). The number of halogens is 1. The summed E-state index contributed by atoms with van der Waals surface area (Å²) in [7, 11) is 1.98. The quantitative estimate of drug-likeness (QED) is 0.357. The molecule has 1 saturated carbocycles. The molecule has 0 bridgehead atoms. The third kappa shape index (κ3) is 4.34. The molecule has 30 heavy (non-hydrogen) atoms. The monoisotopic (exact) mass is 524 g/mol. The number of hydrogen-bond donors (Lipinski definition) is 2. The topological polar surface area (TPSA) is 76.4 Å². The van der Waals surface area contributed by atoms with Crippen molar-refractivity contribution < 1.29 is 4.74 Å². The number of nitrogens with one attached hydrogen (secondary N) is 2. The zero-order valence-corrected chi connectivity index (χ0v) is 20.8. The van der Waals surface area contributed by atoms with E-state index in [0.29, 0.717) is 24.6 Å². The maximum absolute atomic E-state index is 5.96. The number of ether oxygens (including phenoxy) is 1. The van der Waals surface area contributed by atoms with E-state index in [0.717, 1.165) is 30.6 Å². The molecule has 1 aliphatic heterocycles. The van der Waals surface area contributed by atoms with Crippen LogP contribution in [-0.2, 0) is 18.3 Å². The number of hydrogen-bond acceptors (Lipinski definition) is 4. The third-order valence-corrected chi connectivity index (χ3v) is 6.61. The first-order valence-corrected chi connectivity index (χ1v) is 10.5. The molecule has 1 aromatic heterocycles. The van der Waals surface area contributed by atoms with E-state index in [-0.39, 0.29) is 35.4 Å². The van der Waals surface area contributed by atoms with Gasteiger partial charge in [-0.1, -0.05) is 44.2 Å². The van der Waals surface area contributed by atoms with Gasteiger partial charge in [0.1, 0.15) is 12.4 Å². The van der Waals surface area contributed by atoms with E-state index in [9.17, 15) is 0 Å². The van der Waals surface area contributed by atoms with Crippen molar-refractivity contribution in [3.05, 3.63) is 47.5 Å². The second-order valence-electron chi connectivity index (χ2n) is 8.85. The summed E-state index contributed by atoms with van der Waals surface area (Å²) in [4.78, 5) is 4.87. The van der Waals surface area contributed by atoms with Crippen LogP contribution in [0.25, 0.3) is 0 Å². The highest BCUT2D eigenvalue weighted by Gasteiger charge is 2.59. The Hall–Kier alpha value is -1.68. The van der Waals surface area contributed by atoms with E-state index in [2.05, 4.69) is 65.9 Å². The molecular formula is C22H33IN6O. The maximum Gasteiger partial charge on any atom is 0.192 e. The molecule has 0 spiro atoms. The highest BCUT2D eigenvalue weighted by Crippen LogP contribution is 2.52. The van der Waals surface area contributed by atoms with Crippen LogP contribution in [0.5, 0.6) is 0 Å². The molecular weight excluding hydrogens is 491 g/mol. The summed E-state index contributed by atoms with van der Waals surface area (Å²) in [6.07, 6.45) is 1.45. The second-order valence-corrected chi connectivity index (χ2v) is 8.85. The lowest BCUT2D eigenvalue weighted by molar-refractivity contribution is -0.106. The number of aliphatic imine (C=N–C) groups is 1. The average Bonchev–Trinajstić information content (AvgIpc) is 3.30. The number of benzene rings is 1. The summed E-state index contributed by atoms with van der Waals surface area (Å²) >= 11 is 0. The van der Waals surface area contributed by atoms with Crippen LogP contribution in [0, 0.1) is 18.3 Å². The molecule has 1 aromatic carbocycles. The summed E-state index contributed by atoms with van der Waals surface area (Å²) in [5.41, 5.74) is 1.31. The van der Waals surface area contributed by atoms with Crippen LogP contribution in [0.3, 0.4) is 0 Å². The molecule has 4 atom stereocenters. The lowest BCUT2D eigenvalue weighted by atomic mass is 9.57. The van der Waals surface area contributed by atoms with Crippen molar-refractivity contribution in [3.8, 4) is 0 Å². The van der Waals surface area contributed by atoms with E-state index in [1.165, 1.54) is 5.56 Å². The summed E-state index contributed by atoms with van der Waals surface area (Å²) in [5, 5.41) is 15.7. The Balaban J connectivity index is 0.00000256. The van der Waals surface area contributed by atoms with Crippen LogP contribution in [0.1, 0.15) is 50.4 Å². The van der Waals surface area contributed by atoms with Crippen LogP contribution in [0.4, 0.5) is 0 Å². The Morgan fingerprint density at radius 3 is 2.70 bits per heavy atom. The van der Waals surface area contributed by atoms with Crippen molar-refractivity contribution in [1.82, 2.24) is 25.4 Å². The predicted molar refractivity (Wildman–Crippen MR) is 129 cm³/mol. The largest absolute Gasteiger partial charge is 0.377 e. The molecule has 2 heterocycles. The van der Waals surface area contributed by atoms with Crippen LogP contribution >= 0.6 is 24.0 Å². The van der Waals surface area contributed by atoms with E-state index in [4.69, 9.17) is 9.73 Å². The Bertz CT molecular complexity index is 881. The zero-order valence-electron chi connectivity index (χ0n) is 18.4. The lowest BCUT2D eigenvalue weighted by Gasteiger charge is -2.55. The van der Waals surface area contributed by atoms with Gasteiger partial charge in [0.2, 0.25) is 0 Å². The fourth-order valence-corrected chi connectivity index (χ4v) is 4.67. The number of guanidine groups is 1. The van der Waals surface area contributed by atoms with Crippen molar-refractivity contribution in [2.75, 3.05) is 6.61 Å². The zero-order chi connectivity index (χ0) is 20.6. The standard InChI is InChI=1S/C22H32N6O.HI/c1-14(16-9-7-6-8-10-16)24-21(23-13-18-27-26-15(2)28(18)5)25-19-17-11-12-29-20(17)22(19,3)4;/h6-10,14,17,19-20H,11-13H2,1-5H3,(H2,23,24,25);1H. The Morgan fingerprint density at radius 1 is 1.30 bits per heavy atom. The van der Waals surface area contributed by atoms with Gasteiger partial charge in [-0.15, -0.1) is 34.2 Å². The Labute approximate surface area is 196 Å². The molecule has 8 heteroatoms. The average molecular weight is 524 g/mol. The summed E-state index contributed by atoms with van der Waals surface area (Å²) in [5.74, 6) is 3.10. The number of fused-ring (bicyclic) bond motifs is 1. The molecule has 2 N–H and O–H groups in total. The molecule has 2 aliphatic rings. The summed E-state index contributed by atoms with van der Waals surface area (Å²) in [6.45, 7) is 10.0. The van der Waals surface area contributed by atoms with Crippen molar-refractivity contribution in [2.45, 2.75) is 58.8 Å². The van der Waals surface area contributed by atoms with Gasteiger partial charge in [0.25, 0.3) is 0 Å². The van der Waals surface area contributed by atoms with Gasteiger partial charge in [-0.05, 0) is 25.8 Å². The van der Waals surface area contributed by atoms with Crippen molar-refractivity contribution >= 4 is 29.9 Å². The van der Waals surface area contributed by atoms with Gasteiger partial charge < -0.3 is 19.9 Å². The third-order valence-electron chi connectivity index (χ3n) is 6.61. The van der Waals surface area contributed by atoms with Gasteiger partial charge in [-0.25, -0.2) is 4.99 Å². The molecule has 0 radical (unpaired) electrons. The first-order valence-electron chi connectivity index (χ1n) is 10.5. The first kappa shape index (κ1) is 23.0. The van der Waals surface area contributed by atoms with E-state index in [1.807, 2.05) is 24.6 Å². The van der Waals surface area contributed by atoms with E-state index >= 15 is 0 Å². The molecule has 1 saturated heterocycles. The molecule has 0 amide bonds. The van der Waals surface area contributed by atoms with Gasteiger partial charge in [-0.3, -0.25) is 0 Å². The summed E-state index contributed by atoms with van der Waals surface area (Å²) in [6, 6.07) is 10.9. The van der Waals surface area contributed by atoms with Gasteiger partial charge >= 0.3 is 0 Å². The molecule has 2 aromatic rings. The van der Waals surface area contributed by atoms with Crippen molar-refractivity contribution in [2.24, 2.45) is 23.4 Å². The minimum Gasteiger partial charge on any atom is -0.377 e. The SMILES string of the molecule is Cc1nnc(CN=C(NC(C)c2ccccc2)NC2C3CCOC3C2(C)C)n1C.I. The number of rotatable bonds is 5. The van der Waals surface area contributed by atoms with Crippen LogP contribution in [-0.4, -0.2) is 39.5 Å². The van der Waals surface area contributed by atoms with Crippen molar-refractivity contribution in [1.29, 1.82) is 0 Å². The molecule has 7 nitrogen and oxygen atoms in total. The lowest BCUT2D eigenvalue weighted by Crippen LogP contribution is -2.68. The van der Waals surface area contributed by atoms with Gasteiger partial charge in [-0.2, -0.15) is 0 Å². The normalized spacial score (nSPS) is 25.6. The minimum absolute atomic E-state index is 0. The Kier molecular flexibility index (Phi) is 7.06. The predicted octanol–water partition coefficient (Wildman–Crippen LogP) is 3.35. The number of aryl methyl sites for hydroxylation is 1. The van der Waals surface area contributed by atoms with Crippen LogP contribution in [0.2, 0.25) is 0 Å². The van der Waals surface area contributed by atoms with Gasteiger partial charge in [0.15, 0.2) is 11.8 Å². The number of aromatic nitrogens is 3. The van der Waals surface area contributed by atoms with Crippen molar-refractivity contribution in [3.63, 3.8) is 0 Å². The van der Waals surface area contributed by atoms with Gasteiger partial charge in [0.05, 0.1) is 12.1 Å². The fourth-order valence-electron chi connectivity index (χ4n) is 4.67. The highest BCUT2D eigenvalue weighted by molar-refractivity contribution is 14.0. The Morgan fingerprint density at radius 2 is 2.03 bits per heavy atom. The van der Waals surface area contributed by atoms with Crippen LogP contribution < -0.4 is 10.6 Å². The summed E-state index contributed by atoms with van der Waals surface area (Å²) < 4.78 is 7.94. The fraction of sp³-hybridized carbons (Fsp3) is 0.591. The van der Waals surface area contributed by atoms with Crippen LogP contribution in [0.15, 0.2) is 35.3 Å². The maximum atomic E-state index is 5.96. The van der Waals surface area contributed by atoms with E-state index < -0.39 is 0 Å². The minimum atomic E-state index is 0. The van der Waals surface area contributed by atoms with E-state index in [1.54, 1.807) is 0 Å². The molecule has 164 valence electrons. The van der Waals surface area contributed by atoms with Gasteiger partial charge in [0, 0.05) is 31.0 Å². The molecule has 4 unspecified atom stereocenters. The number of nitrogens with zero attached hydrogens (tertiary/aromatic N) is 4. The molecule has 2 fully saturated rings. The first-order chi connectivity index (χ1) is 13.9.